The number of rotatable bonds is 7. The fourth-order valence-electron chi connectivity index (χ4n) is 4.09. The standard InChI is InChI=1S/C22H34N4O.HI/c1-3-17-16-26(15-13-20(17)18-8-5-4-6-9-18)22(23-2)24-14-7-10-21(27)25-19-11-12-19;/h4-6,8-9,17,19-20H,3,7,10-16H2,1-2H3,(H,23,24)(H,25,27);1H. The van der Waals surface area contributed by atoms with Crippen molar-refractivity contribution in [2.45, 2.75) is 57.4 Å². The van der Waals surface area contributed by atoms with Crippen LogP contribution in [0.15, 0.2) is 35.3 Å². The molecule has 0 bridgehead atoms. The third-order valence-electron chi connectivity index (χ3n) is 5.80. The molecule has 5 nitrogen and oxygen atoms in total. The van der Waals surface area contributed by atoms with Crippen LogP contribution < -0.4 is 10.6 Å². The molecule has 0 spiro atoms. The molecule has 1 amide bonds. The zero-order valence-corrected chi connectivity index (χ0v) is 19.5. The number of guanidine groups is 1. The first-order valence-electron chi connectivity index (χ1n) is 10.5. The maximum absolute atomic E-state index is 11.8. The van der Waals surface area contributed by atoms with Crippen molar-refractivity contribution in [3.05, 3.63) is 35.9 Å². The van der Waals surface area contributed by atoms with Crippen molar-refractivity contribution < 1.29 is 4.79 Å². The summed E-state index contributed by atoms with van der Waals surface area (Å²) in [6, 6.07) is 11.4. The summed E-state index contributed by atoms with van der Waals surface area (Å²) in [5.74, 6) is 2.44. The fraction of sp³-hybridized carbons (Fsp3) is 0.636. The van der Waals surface area contributed by atoms with Gasteiger partial charge in [0.2, 0.25) is 5.91 Å². The van der Waals surface area contributed by atoms with E-state index in [0.717, 1.165) is 51.3 Å². The van der Waals surface area contributed by atoms with Gasteiger partial charge in [0.05, 0.1) is 0 Å². The zero-order valence-electron chi connectivity index (χ0n) is 17.2. The van der Waals surface area contributed by atoms with Crippen molar-refractivity contribution in [1.29, 1.82) is 0 Å². The Morgan fingerprint density at radius 3 is 2.61 bits per heavy atom. The molecule has 6 heteroatoms. The molecule has 1 saturated carbocycles. The van der Waals surface area contributed by atoms with Crippen LogP contribution in [0.2, 0.25) is 0 Å². The highest BCUT2D eigenvalue weighted by molar-refractivity contribution is 14.0. The van der Waals surface area contributed by atoms with Gasteiger partial charge in [0, 0.05) is 39.1 Å². The summed E-state index contributed by atoms with van der Waals surface area (Å²) < 4.78 is 0. The SMILES string of the molecule is CCC1CN(C(=NC)NCCCC(=O)NC2CC2)CCC1c1ccccc1.I. The lowest BCUT2D eigenvalue weighted by Crippen LogP contribution is -2.48. The van der Waals surface area contributed by atoms with E-state index in [-0.39, 0.29) is 29.9 Å². The molecule has 28 heavy (non-hydrogen) atoms. The second-order valence-corrected chi connectivity index (χ2v) is 7.84. The molecule has 1 heterocycles. The summed E-state index contributed by atoms with van der Waals surface area (Å²) in [4.78, 5) is 18.7. The molecule has 1 aliphatic carbocycles. The first-order valence-corrected chi connectivity index (χ1v) is 10.5. The van der Waals surface area contributed by atoms with E-state index >= 15 is 0 Å². The molecule has 156 valence electrons. The van der Waals surface area contributed by atoms with Crippen LogP contribution in [0, 0.1) is 5.92 Å². The number of aliphatic imine (C=N–C) groups is 1. The smallest absolute Gasteiger partial charge is 0.220 e. The maximum atomic E-state index is 11.8. The Morgan fingerprint density at radius 1 is 1.21 bits per heavy atom. The predicted molar refractivity (Wildman–Crippen MR) is 126 cm³/mol. The first kappa shape index (κ1) is 23.0. The molecular weight excluding hydrogens is 463 g/mol. The van der Waals surface area contributed by atoms with Gasteiger partial charge in [-0.2, -0.15) is 0 Å². The monoisotopic (exact) mass is 498 g/mol. The summed E-state index contributed by atoms with van der Waals surface area (Å²) in [5.41, 5.74) is 1.47. The molecule has 0 aromatic heterocycles. The number of carbonyl (C=O) groups excluding carboxylic acids is 1. The molecule has 1 aromatic rings. The second kappa shape index (κ2) is 11.6. The highest BCUT2D eigenvalue weighted by atomic mass is 127. The van der Waals surface area contributed by atoms with Crippen LogP contribution >= 0.6 is 24.0 Å². The lowest BCUT2D eigenvalue weighted by molar-refractivity contribution is -0.121. The minimum atomic E-state index is 0. The molecule has 2 aliphatic rings. The van der Waals surface area contributed by atoms with Gasteiger partial charge in [-0.3, -0.25) is 9.79 Å². The number of nitrogens with one attached hydrogen (secondary N) is 2. The fourth-order valence-corrected chi connectivity index (χ4v) is 4.09. The number of piperidine rings is 1. The molecule has 2 N–H and O–H groups in total. The topological polar surface area (TPSA) is 56.7 Å². The third-order valence-corrected chi connectivity index (χ3v) is 5.80. The minimum absolute atomic E-state index is 0. The van der Waals surface area contributed by atoms with Crippen molar-refractivity contribution in [2.75, 3.05) is 26.7 Å². The van der Waals surface area contributed by atoms with Crippen molar-refractivity contribution in [3.8, 4) is 0 Å². The van der Waals surface area contributed by atoms with Crippen LogP contribution in [0.25, 0.3) is 0 Å². The van der Waals surface area contributed by atoms with Crippen LogP contribution in [-0.2, 0) is 4.79 Å². The number of halogens is 1. The number of nitrogens with zero attached hydrogens (tertiary/aromatic N) is 2. The van der Waals surface area contributed by atoms with Crippen LogP contribution in [0.5, 0.6) is 0 Å². The first-order chi connectivity index (χ1) is 13.2. The van der Waals surface area contributed by atoms with E-state index in [1.165, 1.54) is 12.0 Å². The highest BCUT2D eigenvalue weighted by Crippen LogP contribution is 2.34. The van der Waals surface area contributed by atoms with Gasteiger partial charge in [0.15, 0.2) is 5.96 Å². The Balaban J connectivity index is 0.00000280. The van der Waals surface area contributed by atoms with Gasteiger partial charge >= 0.3 is 0 Å². The number of hydrogen-bond donors (Lipinski definition) is 2. The van der Waals surface area contributed by atoms with Crippen molar-refractivity contribution in [3.63, 3.8) is 0 Å². The number of amides is 1. The summed E-state index contributed by atoms with van der Waals surface area (Å²) in [7, 11) is 1.85. The van der Waals surface area contributed by atoms with Crippen molar-refractivity contribution >= 4 is 35.8 Å². The summed E-state index contributed by atoms with van der Waals surface area (Å²) in [5, 5.41) is 6.50. The Morgan fingerprint density at radius 2 is 1.96 bits per heavy atom. The normalized spacial score (nSPS) is 22.4. The molecule has 2 atom stereocenters. The van der Waals surface area contributed by atoms with Crippen LogP contribution in [0.1, 0.15) is 56.9 Å². The maximum Gasteiger partial charge on any atom is 0.220 e. The van der Waals surface area contributed by atoms with Gasteiger partial charge < -0.3 is 15.5 Å². The Labute approximate surface area is 186 Å². The van der Waals surface area contributed by atoms with Gasteiger partial charge in [-0.15, -0.1) is 24.0 Å². The average molecular weight is 498 g/mol. The minimum Gasteiger partial charge on any atom is -0.356 e. The van der Waals surface area contributed by atoms with E-state index in [1.807, 2.05) is 7.05 Å². The van der Waals surface area contributed by atoms with Gasteiger partial charge in [-0.1, -0.05) is 43.7 Å². The molecule has 0 radical (unpaired) electrons. The van der Waals surface area contributed by atoms with Gasteiger partial charge in [-0.05, 0) is 43.1 Å². The van der Waals surface area contributed by atoms with E-state index in [4.69, 9.17) is 0 Å². The lowest BCUT2D eigenvalue weighted by Gasteiger charge is -2.40. The van der Waals surface area contributed by atoms with Gasteiger partial charge in [0.1, 0.15) is 0 Å². The van der Waals surface area contributed by atoms with Crippen molar-refractivity contribution in [1.82, 2.24) is 15.5 Å². The van der Waals surface area contributed by atoms with Crippen LogP contribution in [0.4, 0.5) is 0 Å². The Hall–Kier alpha value is -1.31. The second-order valence-electron chi connectivity index (χ2n) is 7.84. The number of hydrogen-bond acceptors (Lipinski definition) is 2. The van der Waals surface area contributed by atoms with E-state index in [1.54, 1.807) is 0 Å². The summed E-state index contributed by atoms with van der Waals surface area (Å²) in [6.07, 6.45) is 6.06. The van der Waals surface area contributed by atoms with Gasteiger partial charge in [0.25, 0.3) is 0 Å². The highest BCUT2D eigenvalue weighted by Gasteiger charge is 2.30. The zero-order chi connectivity index (χ0) is 19.1. The van der Waals surface area contributed by atoms with Crippen molar-refractivity contribution in [2.24, 2.45) is 10.9 Å². The van der Waals surface area contributed by atoms with Gasteiger partial charge in [-0.25, -0.2) is 0 Å². The average Bonchev–Trinajstić information content (AvgIpc) is 3.52. The molecule has 1 saturated heterocycles. The largest absolute Gasteiger partial charge is 0.356 e. The Bertz CT molecular complexity index is 633. The summed E-state index contributed by atoms with van der Waals surface area (Å²) in [6.45, 7) is 5.15. The number of benzene rings is 1. The van der Waals surface area contributed by atoms with E-state index in [9.17, 15) is 4.79 Å². The third kappa shape index (κ3) is 6.64. The van der Waals surface area contributed by atoms with Crippen LogP contribution in [0.3, 0.4) is 0 Å². The molecular formula is C22H35IN4O. The predicted octanol–water partition coefficient (Wildman–Crippen LogP) is 3.75. The summed E-state index contributed by atoms with van der Waals surface area (Å²) >= 11 is 0. The van der Waals surface area contributed by atoms with E-state index in [0.29, 0.717) is 24.3 Å². The number of likely N-dealkylation sites (tertiary alicyclic amines) is 1. The number of carbonyl (C=O) groups is 1. The Kier molecular flexibility index (Phi) is 9.55. The molecule has 2 unspecified atom stereocenters. The van der Waals surface area contributed by atoms with E-state index in [2.05, 4.69) is 57.8 Å². The molecule has 2 fully saturated rings. The lowest BCUT2D eigenvalue weighted by atomic mass is 9.79. The molecule has 3 rings (SSSR count). The molecule has 1 aromatic carbocycles. The quantitative estimate of drug-likeness (QED) is 0.261. The van der Waals surface area contributed by atoms with E-state index < -0.39 is 0 Å². The van der Waals surface area contributed by atoms with Crippen LogP contribution in [-0.4, -0.2) is 49.5 Å². The molecule has 1 aliphatic heterocycles.